The largest absolute Gasteiger partial charge is 0.467 e. The predicted molar refractivity (Wildman–Crippen MR) is 91.1 cm³/mol. The molecule has 3 rings (SSSR count). The number of aryl methyl sites for hydroxylation is 2. The number of aromatic nitrogens is 2. The summed E-state index contributed by atoms with van der Waals surface area (Å²) in [6.45, 7) is 4.43. The molecule has 0 atom stereocenters. The molecule has 0 unspecified atom stereocenters. The number of nitrogens with one attached hydrogen (secondary N) is 2. The van der Waals surface area contributed by atoms with Crippen molar-refractivity contribution in [2.45, 2.75) is 20.4 Å². The van der Waals surface area contributed by atoms with Crippen LogP contribution in [0.25, 0.3) is 0 Å². The van der Waals surface area contributed by atoms with Crippen molar-refractivity contribution in [1.29, 1.82) is 0 Å². The summed E-state index contributed by atoms with van der Waals surface area (Å²) in [6, 6.07) is 13.0. The molecular formula is C18H18N4O2. The molecule has 0 spiro atoms. The predicted octanol–water partition coefficient (Wildman–Crippen LogP) is 3.36. The Bertz CT molecular complexity index is 827. The van der Waals surface area contributed by atoms with Gasteiger partial charge in [0, 0.05) is 5.69 Å². The average Bonchev–Trinajstić information content (AvgIpc) is 3.10. The summed E-state index contributed by atoms with van der Waals surface area (Å²) in [5, 5.41) is 13.9. The molecule has 2 aromatic heterocycles. The van der Waals surface area contributed by atoms with E-state index in [0.717, 1.165) is 5.69 Å². The molecule has 0 aliphatic heterocycles. The maximum atomic E-state index is 12.0. The van der Waals surface area contributed by atoms with Crippen molar-refractivity contribution in [3.63, 3.8) is 0 Å². The number of rotatable bonds is 5. The van der Waals surface area contributed by atoms with Gasteiger partial charge in [-0.25, -0.2) is 0 Å². The van der Waals surface area contributed by atoms with E-state index in [9.17, 15) is 4.79 Å². The fourth-order valence-corrected chi connectivity index (χ4v) is 2.16. The van der Waals surface area contributed by atoms with Crippen LogP contribution in [-0.2, 0) is 6.54 Å². The fraction of sp³-hybridized carbons (Fsp3) is 0.167. The van der Waals surface area contributed by atoms with Gasteiger partial charge in [-0.2, -0.15) is 0 Å². The Hall–Kier alpha value is -3.15. The molecular weight excluding hydrogens is 304 g/mol. The third kappa shape index (κ3) is 3.78. The zero-order valence-electron chi connectivity index (χ0n) is 13.5. The first-order valence-electron chi connectivity index (χ1n) is 7.60. The molecule has 0 saturated heterocycles. The van der Waals surface area contributed by atoms with Crippen molar-refractivity contribution >= 4 is 17.4 Å². The third-order valence-corrected chi connectivity index (χ3v) is 3.68. The van der Waals surface area contributed by atoms with Gasteiger partial charge < -0.3 is 15.1 Å². The number of hydrogen-bond acceptors (Lipinski definition) is 5. The molecule has 6 nitrogen and oxygen atoms in total. The van der Waals surface area contributed by atoms with E-state index in [1.54, 1.807) is 30.5 Å². The summed E-state index contributed by atoms with van der Waals surface area (Å²) in [5.74, 6) is 0.974. The molecule has 1 amide bonds. The molecule has 0 aliphatic carbocycles. The smallest absolute Gasteiger partial charge is 0.272 e. The lowest BCUT2D eigenvalue weighted by Gasteiger charge is -2.08. The summed E-state index contributed by atoms with van der Waals surface area (Å²) in [5.41, 5.74) is 3.62. The van der Waals surface area contributed by atoms with Crippen LogP contribution in [0.1, 0.15) is 27.4 Å². The molecule has 0 aliphatic rings. The van der Waals surface area contributed by atoms with E-state index in [-0.39, 0.29) is 11.6 Å². The van der Waals surface area contributed by atoms with Crippen LogP contribution in [0.15, 0.2) is 53.1 Å². The highest BCUT2D eigenvalue weighted by atomic mass is 16.3. The highest BCUT2D eigenvalue weighted by Crippen LogP contribution is 2.17. The quantitative estimate of drug-likeness (QED) is 0.753. The maximum absolute atomic E-state index is 12.0. The van der Waals surface area contributed by atoms with Gasteiger partial charge in [0.05, 0.1) is 12.8 Å². The van der Waals surface area contributed by atoms with Crippen molar-refractivity contribution in [3.05, 3.63) is 71.3 Å². The monoisotopic (exact) mass is 322 g/mol. The van der Waals surface area contributed by atoms with Gasteiger partial charge in [0.25, 0.3) is 5.91 Å². The standard InChI is InChI=1S/C18H18N4O2/c1-12-5-6-14(10-13(12)2)20-17-8-7-16(21-22-17)18(23)19-11-15-4-3-9-24-15/h3-10H,11H2,1-2H3,(H,19,23)(H,20,22). The lowest BCUT2D eigenvalue weighted by Crippen LogP contribution is -2.23. The van der Waals surface area contributed by atoms with Crippen molar-refractivity contribution in [3.8, 4) is 0 Å². The van der Waals surface area contributed by atoms with Crippen LogP contribution in [-0.4, -0.2) is 16.1 Å². The van der Waals surface area contributed by atoms with Gasteiger partial charge in [0.2, 0.25) is 0 Å². The maximum Gasteiger partial charge on any atom is 0.272 e. The van der Waals surface area contributed by atoms with Crippen molar-refractivity contribution in [1.82, 2.24) is 15.5 Å². The van der Waals surface area contributed by atoms with Crippen molar-refractivity contribution in [2.75, 3.05) is 5.32 Å². The van der Waals surface area contributed by atoms with Gasteiger partial charge in [-0.15, -0.1) is 10.2 Å². The van der Waals surface area contributed by atoms with Gasteiger partial charge in [-0.3, -0.25) is 4.79 Å². The second kappa shape index (κ2) is 6.95. The number of furan rings is 1. The molecule has 2 heterocycles. The molecule has 122 valence electrons. The van der Waals surface area contributed by atoms with Gasteiger partial charge >= 0.3 is 0 Å². The van der Waals surface area contributed by atoms with Crippen molar-refractivity contribution in [2.24, 2.45) is 0 Å². The Balaban J connectivity index is 1.62. The number of carbonyl (C=O) groups is 1. The fourth-order valence-electron chi connectivity index (χ4n) is 2.16. The summed E-state index contributed by atoms with van der Waals surface area (Å²) >= 11 is 0. The molecule has 24 heavy (non-hydrogen) atoms. The second-order valence-corrected chi connectivity index (χ2v) is 5.49. The Morgan fingerprint density at radius 1 is 1.08 bits per heavy atom. The summed E-state index contributed by atoms with van der Waals surface area (Å²) < 4.78 is 5.16. The first kappa shape index (κ1) is 15.7. The topological polar surface area (TPSA) is 80.0 Å². The number of nitrogens with zero attached hydrogens (tertiary/aromatic N) is 2. The highest BCUT2D eigenvalue weighted by Gasteiger charge is 2.09. The van der Waals surface area contributed by atoms with Crippen LogP contribution >= 0.6 is 0 Å². The molecule has 1 aromatic carbocycles. The minimum Gasteiger partial charge on any atom is -0.467 e. The lowest BCUT2D eigenvalue weighted by molar-refractivity contribution is 0.0942. The molecule has 0 fully saturated rings. The zero-order chi connectivity index (χ0) is 16.9. The number of benzene rings is 1. The molecule has 6 heteroatoms. The number of amides is 1. The summed E-state index contributed by atoms with van der Waals surface area (Å²) in [4.78, 5) is 12.0. The SMILES string of the molecule is Cc1ccc(Nc2ccc(C(=O)NCc3ccco3)nn2)cc1C. The number of carbonyl (C=O) groups excluding carboxylic acids is 1. The van der Waals surface area contributed by atoms with Gasteiger partial charge in [-0.05, 0) is 61.4 Å². The Morgan fingerprint density at radius 3 is 2.62 bits per heavy atom. The molecule has 3 aromatic rings. The zero-order valence-corrected chi connectivity index (χ0v) is 13.5. The second-order valence-electron chi connectivity index (χ2n) is 5.49. The van der Waals surface area contributed by atoms with Gasteiger partial charge in [0.1, 0.15) is 5.76 Å². The van der Waals surface area contributed by atoms with E-state index in [4.69, 9.17) is 4.42 Å². The molecule has 0 radical (unpaired) electrons. The minimum atomic E-state index is -0.295. The van der Waals surface area contributed by atoms with E-state index in [1.165, 1.54) is 11.1 Å². The van der Waals surface area contributed by atoms with E-state index in [0.29, 0.717) is 18.1 Å². The summed E-state index contributed by atoms with van der Waals surface area (Å²) in [7, 11) is 0. The number of anilines is 2. The van der Waals surface area contributed by atoms with Gasteiger partial charge in [-0.1, -0.05) is 6.07 Å². The lowest BCUT2D eigenvalue weighted by atomic mass is 10.1. The molecule has 0 bridgehead atoms. The van der Waals surface area contributed by atoms with E-state index >= 15 is 0 Å². The Morgan fingerprint density at radius 2 is 1.96 bits per heavy atom. The van der Waals surface area contributed by atoms with Crippen LogP contribution in [0.3, 0.4) is 0 Å². The van der Waals surface area contributed by atoms with Crippen LogP contribution in [0.4, 0.5) is 11.5 Å². The van der Waals surface area contributed by atoms with Crippen LogP contribution in [0.5, 0.6) is 0 Å². The number of hydrogen-bond donors (Lipinski definition) is 2. The van der Waals surface area contributed by atoms with Crippen LogP contribution in [0.2, 0.25) is 0 Å². The Kier molecular flexibility index (Phi) is 4.56. The average molecular weight is 322 g/mol. The van der Waals surface area contributed by atoms with Gasteiger partial charge in [0.15, 0.2) is 11.5 Å². The van der Waals surface area contributed by atoms with Crippen molar-refractivity contribution < 1.29 is 9.21 Å². The van der Waals surface area contributed by atoms with E-state index in [1.807, 2.05) is 18.2 Å². The third-order valence-electron chi connectivity index (χ3n) is 3.68. The highest BCUT2D eigenvalue weighted by molar-refractivity contribution is 5.92. The van der Waals surface area contributed by atoms with Crippen LogP contribution in [0, 0.1) is 13.8 Å². The van der Waals surface area contributed by atoms with E-state index < -0.39 is 0 Å². The molecule has 0 saturated carbocycles. The Labute approximate surface area is 139 Å². The minimum absolute atomic E-state index is 0.257. The molecule has 2 N–H and O–H groups in total. The normalized spacial score (nSPS) is 10.4. The summed E-state index contributed by atoms with van der Waals surface area (Å²) in [6.07, 6.45) is 1.56. The van der Waals surface area contributed by atoms with Crippen LogP contribution < -0.4 is 10.6 Å². The first-order chi connectivity index (χ1) is 11.6. The first-order valence-corrected chi connectivity index (χ1v) is 7.60. The van der Waals surface area contributed by atoms with E-state index in [2.05, 4.69) is 34.7 Å².